The largest absolute Gasteiger partial charge is 0.345 e. The van der Waals surface area contributed by atoms with Gasteiger partial charge in [0.2, 0.25) is 10.0 Å². The molecule has 8 heteroatoms. The lowest BCUT2D eigenvalue weighted by Gasteiger charge is -2.08. The van der Waals surface area contributed by atoms with Crippen LogP contribution >= 0.6 is 0 Å². The van der Waals surface area contributed by atoms with Gasteiger partial charge in [-0.15, -0.1) is 0 Å². The van der Waals surface area contributed by atoms with Gasteiger partial charge in [0.05, 0.1) is 22.5 Å². The van der Waals surface area contributed by atoms with Gasteiger partial charge in [0.15, 0.2) is 0 Å². The molecule has 1 heterocycles. The Labute approximate surface area is 152 Å². The first-order valence-corrected chi connectivity index (χ1v) is 9.70. The number of carbonyl (C=O) groups is 1. The van der Waals surface area contributed by atoms with Crippen LogP contribution < -0.4 is 10.0 Å². The van der Waals surface area contributed by atoms with Crippen molar-refractivity contribution in [1.29, 1.82) is 0 Å². The van der Waals surface area contributed by atoms with Crippen molar-refractivity contribution >= 4 is 27.0 Å². The van der Waals surface area contributed by atoms with E-state index < -0.39 is 10.0 Å². The van der Waals surface area contributed by atoms with Crippen LogP contribution in [0.2, 0.25) is 0 Å². The molecule has 0 aliphatic carbocycles. The minimum absolute atomic E-state index is 0.115. The molecule has 2 N–H and O–H groups in total. The topological polar surface area (TPSA) is 93.1 Å². The molecule has 0 aliphatic heterocycles. The highest BCUT2D eigenvalue weighted by molar-refractivity contribution is 7.89. The Hall–Kier alpha value is -2.71. The van der Waals surface area contributed by atoms with Crippen LogP contribution in [0.1, 0.15) is 23.1 Å². The molecule has 0 unspecified atom stereocenters. The molecule has 0 radical (unpaired) electrons. The van der Waals surface area contributed by atoms with E-state index in [9.17, 15) is 13.2 Å². The third-order valence-corrected chi connectivity index (χ3v) is 5.58. The Balaban J connectivity index is 1.75. The number of nitrogens with zero attached hydrogens (tertiary/aromatic N) is 2. The molecule has 0 bridgehead atoms. The van der Waals surface area contributed by atoms with Crippen LogP contribution in [0.5, 0.6) is 0 Å². The van der Waals surface area contributed by atoms with Gasteiger partial charge < -0.3 is 9.88 Å². The van der Waals surface area contributed by atoms with E-state index >= 15 is 0 Å². The number of sulfonamides is 1. The van der Waals surface area contributed by atoms with Crippen molar-refractivity contribution in [3.8, 4) is 0 Å². The summed E-state index contributed by atoms with van der Waals surface area (Å²) in [5.74, 6) is 0.490. The zero-order chi connectivity index (χ0) is 18.7. The Morgan fingerprint density at radius 3 is 2.46 bits per heavy atom. The maximum atomic E-state index is 12.4. The average molecular weight is 372 g/mol. The summed E-state index contributed by atoms with van der Waals surface area (Å²) in [4.78, 5) is 17.0. The number of imidazole rings is 1. The maximum absolute atomic E-state index is 12.4. The lowest BCUT2D eigenvalue weighted by molar-refractivity contribution is 0.0949. The van der Waals surface area contributed by atoms with Gasteiger partial charge in [-0.2, -0.15) is 0 Å². The highest BCUT2D eigenvalue weighted by Crippen LogP contribution is 2.16. The summed E-state index contributed by atoms with van der Waals surface area (Å²) < 4.78 is 27.7. The van der Waals surface area contributed by atoms with E-state index in [1.54, 1.807) is 0 Å². The molecule has 136 valence electrons. The van der Waals surface area contributed by atoms with Gasteiger partial charge in [0.25, 0.3) is 5.91 Å². The first-order valence-electron chi connectivity index (χ1n) is 8.22. The first-order chi connectivity index (χ1) is 12.5. The number of hydrogen-bond acceptors (Lipinski definition) is 4. The number of amides is 1. The van der Waals surface area contributed by atoms with Gasteiger partial charge in [-0.25, -0.2) is 18.1 Å². The SMILES string of the molecule is CCn1c(CNC(=O)c2ccc(S(=O)(=O)NC)cc2)nc2ccccc21. The lowest BCUT2D eigenvalue weighted by Crippen LogP contribution is -2.25. The van der Waals surface area contributed by atoms with E-state index in [0.29, 0.717) is 5.56 Å². The molecular weight excluding hydrogens is 352 g/mol. The van der Waals surface area contributed by atoms with Gasteiger partial charge >= 0.3 is 0 Å². The minimum atomic E-state index is -3.51. The predicted octanol–water partition coefficient (Wildman–Crippen LogP) is 1.89. The Kier molecular flexibility index (Phi) is 5.06. The maximum Gasteiger partial charge on any atom is 0.251 e. The summed E-state index contributed by atoms with van der Waals surface area (Å²) >= 11 is 0. The van der Waals surface area contributed by atoms with Crippen molar-refractivity contribution in [2.75, 3.05) is 7.05 Å². The average Bonchev–Trinajstić information content (AvgIpc) is 3.03. The van der Waals surface area contributed by atoms with Crippen molar-refractivity contribution in [2.45, 2.75) is 24.9 Å². The third kappa shape index (κ3) is 3.47. The van der Waals surface area contributed by atoms with E-state index in [0.717, 1.165) is 23.4 Å². The van der Waals surface area contributed by atoms with Gasteiger partial charge in [0, 0.05) is 12.1 Å². The highest BCUT2D eigenvalue weighted by atomic mass is 32.2. The van der Waals surface area contributed by atoms with Crippen LogP contribution in [0.4, 0.5) is 0 Å². The van der Waals surface area contributed by atoms with Gasteiger partial charge in [-0.3, -0.25) is 4.79 Å². The molecule has 0 fully saturated rings. The zero-order valence-corrected chi connectivity index (χ0v) is 15.4. The molecule has 7 nitrogen and oxygen atoms in total. The molecular formula is C18H20N4O3S. The molecule has 0 spiro atoms. The number of carbonyl (C=O) groups excluding carboxylic acids is 1. The van der Waals surface area contributed by atoms with Crippen LogP contribution in [-0.4, -0.2) is 30.9 Å². The monoisotopic (exact) mass is 372 g/mol. The molecule has 0 saturated carbocycles. The van der Waals surface area contributed by atoms with Crippen molar-refractivity contribution in [3.05, 3.63) is 59.9 Å². The second-order valence-corrected chi connectivity index (χ2v) is 7.56. The zero-order valence-electron chi connectivity index (χ0n) is 14.6. The van der Waals surface area contributed by atoms with Gasteiger partial charge in [-0.05, 0) is 50.4 Å². The molecule has 0 aliphatic rings. The summed E-state index contributed by atoms with van der Waals surface area (Å²) in [6, 6.07) is 13.6. The van der Waals surface area contributed by atoms with Crippen LogP contribution in [0.25, 0.3) is 11.0 Å². The van der Waals surface area contributed by atoms with Crippen LogP contribution in [0.15, 0.2) is 53.4 Å². The van der Waals surface area contributed by atoms with Crippen molar-refractivity contribution < 1.29 is 13.2 Å². The first kappa shape index (κ1) is 18.1. The molecule has 3 aromatic rings. The Morgan fingerprint density at radius 2 is 1.81 bits per heavy atom. The Bertz CT molecular complexity index is 1040. The smallest absolute Gasteiger partial charge is 0.251 e. The molecule has 3 rings (SSSR count). The predicted molar refractivity (Wildman–Crippen MR) is 99.3 cm³/mol. The highest BCUT2D eigenvalue weighted by Gasteiger charge is 2.14. The number of benzene rings is 2. The summed E-state index contributed by atoms with van der Waals surface area (Å²) in [5.41, 5.74) is 2.31. The normalized spacial score (nSPS) is 11.6. The van der Waals surface area contributed by atoms with E-state index in [2.05, 4.69) is 19.6 Å². The summed E-state index contributed by atoms with van der Waals surface area (Å²) in [5, 5.41) is 2.84. The quantitative estimate of drug-likeness (QED) is 0.691. The van der Waals surface area contributed by atoms with Crippen LogP contribution in [-0.2, 0) is 23.1 Å². The molecule has 0 saturated heterocycles. The number of para-hydroxylation sites is 2. The number of fused-ring (bicyclic) bond motifs is 1. The molecule has 1 amide bonds. The number of aryl methyl sites for hydroxylation is 1. The second kappa shape index (κ2) is 7.27. The van der Waals surface area contributed by atoms with Crippen LogP contribution in [0.3, 0.4) is 0 Å². The fourth-order valence-corrected chi connectivity index (χ4v) is 3.51. The lowest BCUT2D eigenvalue weighted by atomic mass is 10.2. The van der Waals surface area contributed by atoms with E-state index in [1.165, 1.54) is 31.3 Å². The Morgan fingerprint density at radius 1 is 1.12 bits per heavy atom. The number of hydrogen-bond donors (Lipinski definition) is 2. The molecule has 0 atom stereocenters. The minimum Gasteiger partial charge on any atom is -0.345 e. The number of nitrogens with one attached hydrogen (secondary N) is 2. The van der Waals surface area contributed by atoms with E-state index in [-0.39, 0.29) is 17.3 Å². The fraction of sp³-hybridized carbons (Fsp3) is 0.222. The van der Waals surface area contributed by atoms with Gasteiger partial charge in [0.1, 0.15) is 5.82 Å². The third-order valence-electron chi connectivity index (χ3n) is 4.15. The van der Waals surface area contributed by atoms with E-state index in [1.807, 2.05) is 31.2 Å². The number of aromatic nitrogens is 2. The molecule has 1 aromatic heterocycles. The van der Waals surface area contributed by atoms with Crippen molar-refractivity contribution in [1.82, 2.24) is 19.6 Å². The van der Waals surface area contributed by atoms with Crippen molar-refractivity contribution in [3.63, 3.8) is 0 Å². The van der Waals surface area contributed by atoms with E-state index in [4.69, 9.17) is 0 Å². The van der Waals surface area contributed by atoms with Gasteiger partial charge in [-0.1, -0.05) is 12.1 Å². The number of rotatable bonds is 6. The fourth-order valence-electron chi connectivity index (χ4n) is 2.78. The second-order valence-electron chi connectivity index (χ2n) is 5.68. The summed E-state index contributed by atoms with van der Waals surface area (Å²) in [6.45, 7) is 3.07. The standard InChI is InChI=1S/C18H20N4O3S/c1-3-22-16-7-5-4-6-15(16)21-17(22)12-20-18(23)13-8-10-14(11-9-13)26(24,25)19-2/h4-11,19H,3,12H2,1-2H3,(H,20,23). The molecule has 2 aromatic carbocycles. The molecule has 26 heavy (non-hydrogen) atoms. The van der Waals surface area contributed by atoms with Crippen molar-refractivity contribution in [2.24, 2.45) is 0 Å². The summed E-state index contributed by atoms with van der Waals surface area (Å²) in [6.07, 6.45) is 0. The summed E-state index contributed by atoms with van der Waals surface area (Å²) in [7, 11) is -2.17. The van der Waals surface area contributed by atoms with Crippen LogP contribution in [0, 0.1) is 0 Å².